The van der Waals surface area contributed by atoms with Gasteiger partial charge in [-0.1, -0.05) is 183 Å². The lowest BCUT2D eigenvalue weighted by molar-refractivity contribution is 0.571. The molecule has 0 N–H and O–H groups in total. The number of hydrogen-bond acceptors (Lipinski definition) is 0. The Balaban J connectivity index is 1.47. The van der Waals surface area contributed by atoms with E-state index in [4.69, 9.17) is 0 Å². The van der Waals surface area contributed by atoms with Crippen molar-refractivity contribution < 1.29 is 0 Å². The highest BCUT2D eigenvalue weighted by molar-refractivity contribution is 6.32. The van der Waals surface area contributed by atoms with Crippen LogP contribution in [0.3, 0.4) is 0 Å². The Morgan fingerprint density at radius 2 is 1.08 bits per heavy atom. The van der Waals surface area contributed by atoms with Gasteiger partial charge in [-0.3, -0.25) is 0 Å². The molecule has 0 bridgehead atoms. The molecule has 2 aliphatic rings. The van der Waals surface area contributed by atoms with E-state index in [1.54, 1.807) is 0 Å². The average Bonchev–Trinajstić information content (AvgIpc) is 3.53. The van der Waals surface area contributed by atoms with Gasteiger partial charge in [-0.2, -0.15) is 0 Å². The highest BCUT2D eigenvalue weighted by Gasteiger charge is 2.48. The molecule has 0 aromatic heterocycles. The zero-order valence-corrected chi connectivity index (χ0v) is 32.3. The predicted octanol–water partition coefficient (Wildman–Crippen LogP) is 12.1. The van der Waals surface area contributed by atoms with Crippen molar-refractivity contribution in [2.75, 3.05) is 0 Å². The Hall–Kier alpha value is -3.84. The van der Waals surface area contributed by atoms with Crippen molar-refractivity contribution in [1.82, 2.24) is 0 Å². The van der Waals surface area contributed by atoms with E-state index in [0.717, 1.165) is 0 Å². The van der Waals surface area contributed by atoms with Crippen LogP contribution in [-0.2, 0) is 16.2 Å². The van der Waals surface area contributed by atoms with Gasteiger partial charge in [0, 0.05) is 5.92 Å². The molecular formula is C49H57B. The van der Waals surface area contributed by atoms with Crippen LogP contribution in [0.1, 0.15) is 149 Å². The van der Waals surface area contributed by atoms with Gasteiger partial charge >= 0.3 is 0 Å². The monoisotopic (exact) mass is 656 g/mol. The molecule has 0 radical (unpaired) electrons. The number of hydrogen-bond donors (Lipinski definition) is 0. The maximum absolute atomic E-state index is 2.63. The molecule has 0 amide bonds. The van der Waals surface area contributed by atoms with Crippen LogP contribution in [0.5, 0.6) is 0 Å². The largest absolute Gasteiger partial charge is 0.139 e. The second-order valence-corrected chi connectivity index (χ2v) is 17.6. The summed E-state index contributed by atoms with van der Waals surface area (Å²) >= 11 is 0. The van der Waals surface area contributed by atoms with Crippen LogP contribution >= 0.6 is 0 Å². The molecule has 2 aliphatic carbocycles. The van der Waals surface area contributed by atoms with E-state index in [1.165, 1.54) is 123 Å². The number of aryl methyl sites for hydroxylation is 1. The molecule has 256 valence electrons. The summed E-state index contributed by atoms with van der Waals surface area (Å²) in [7, 11) is 2.26. The van der Waals surface area contributed by atoms with Crippen LogP contribution in [0.2, 0.25) is 0 Å². The molecule has 1 unspecified atom stereocenters. The third-order valence-electron chi connectivity index (χ3n) is 11.9. The summed E-state index contributed by atoms with van der Waals surface area (Å²) in [5, 5.41) is 0. The highest BCUT2D eigenvalue weighted by Crippen LogP contribution is 2.60. The molecule has 5 aromatic rings. The molecule has 0 fully saturated rings. The fourth-order valence-corrected chi connectivity index (χ4v) is 9.07. The highest BCUT2D eigenvalue weighted by atomic mass is 14.5. The van der Waals surface area contributed by atoms with Gasteiger partial charge < -0.3 is 0 Å². The third kappa shape index (κ3) is 5.89. The summed E-state index contributed by atoms with van der Waals surface area (Å²) in [6.45, 7) is 18.5. The fourth-order valence-electron chi connectivity index (χ4n) is 9.07. The van der Waals surface area contributed by atoms with E-state index < -0.39 is 5.41 Å². The molecule has 1 atom stereocenters. The molecule has 0 heterocycles. The van der Waals surface area contributed by atoms with Gasteiger partial charge in [0.05, 0.1) is 5.41 Å². The van der Waals surface area contributed by atoms with Gasteiger partial charge in [0.25, 0.3) is 0 Å². The Bertz CT molecular complexity index is 1950. The van der Waals surface area contributed by atoms with E-state index in [2.05, 4.69) is 160 Å². The smallest absolute Gasteiger partial charge is 0.0886 e. The number of benzene rings is 5. The maximum atomic E-state index is 2.63. The molecule has 7 rings (SSSR count). The van der Waals surface area contributed by atoms with Crippen molar-refractivity contribution in [3.63, 3.8) is 0 Å². The first kappa shape index (κ1) is 34.6. The maximum Gasteiger partial charge on any atom is 0.139 e. The van der Waals surface area contributed by atoms with E-state index in [1.807, 2.05) is 0 Å². The lowest BCUT2D eigenvalue weighted by Gasteiger charge is -2.35. The Morgan fingerprint density at radius 1 is 0.540 bits per heavy atom. The second kappa shape index (κ2) is 13.0. The van der Waals surface area contributed by atoms with Gasteiger partial charge in [-0.05, 0) is 103 Å². The third-order valence-corrected chi connectivity index (χ3v) is 11.9. The van der Waals surface area contributed by atoms with Crippen molar-refractivity contribution in [2.24, 2.45) is 0 Å². The summed E-state index contributed by atoms with van der Waals surface area (Å²) in [5.41, 5.74) is 19.5. The van der Waals surface area contributed by atoms with E-state index in [0.29, 0.717) is 5.92 Å². The van der Waals surface area contributed by atoms with Crippen LogP contribution in [0.25, 0.3) is 22.3 Å². The zero-order valence-electron chi connectivity index (χ0n) is 32.3. The first-order valence-electron chi connectivity index (χ1n) is 19.5. The standard InChI is InChI=1S/C49H57B/c1-9-10-11-12-13-14-15-38-41-29-37(50)25-27-39(41)43-31-46-44(30-42(38)43)40-26-16-32(2)28-45(40)49(46,35-21-17-33(18-22-35)47(3,4)5)36-23-19-34(20-24-36)48(6,7)8/h16-31,38H,9-15,50H2,1-8H3. The van der Waals surface area contributed by atoms with Crippen molar-refractivity contribution >= 4 is 13.3 Å². The van der Waals surface area contributed by atoms with Crippen LogP contribution in [0.4, 0.5) is 0 Å². The average molecular weight is 657 g/mol. The summed E-state index contributed by atoms with van der Waals surface area (Å²) in [6, 6.07) is 39.0. The Morgan fingerprint density at radius 3 is 1.68 bits per heavy atom. The Kier molecular flexibility index (Phi) is 9.03. The van der Waals surface area contributed by atoms with Gasteiger partial charge in [0.2, 0.25) is 0 Å². The van der Waals surface area contributed by atoms with Crippen molar-refractivity contribution in [3.05, 3.63) is 147 Å². The second-order valence-electron chi connectivity index (χ2n) is 17.6. The molecule has 1 heteroatoms. The first-order valence-corrected chi connectivity index (χ1v) is 19.5. The topological polar surface area (TPSA) is 0 Å². The minimum Gasteiger partial charge on any atom is -0.0886 e. The Labute approximate surface area is 304 Å². The number of fused-ring (bicyclic) bond motifs is 6. The van der Waals surface area contributed by atoms with Crippen LogP contribution < -0.4 is 5.46 Å². The summed E-state index contributed by atoms with van der Waals surface area (Å²) in [5.74, 6) is 0.456. The van der Waals surface area contributed by atoms with Gasteiger partial charge in [-0.25, -0.2) is 0 Å². The molecule has 50 heavy (non-hydrogen) atoms. The van der Waals surface area contributed by atoms with E-state index in [9.17, 15) is 0 Å². The molecule has 0 spiro atoms. The number of rotatable bonds is 9. The van der Waals surface area contributed by atoms with Crippen LogP contribution in [0, 0.1) is 6.92 Å². The van der Waals surface area contributed by atoms with Crippen molar-refractivity contribution in [3.8, 4) is 22.3 Å². The zero-order chi connectivity index (χ0) is 35.4. The molecular weight excluding hydrogens is 599 g/mol. The first-order chi connectivity index (χ1) is 23.8. The lowest BCUT2D eigenvalue weighted by atomic mass is 9.66. The molecule has 0 aliphatic heterocycles. The van der Waals surface area contributed by atoms with Crippen molar-refractivity contribution in [2.45, 2.75) is 122 Å². The van der Waals surface area contributed by atoms with E-state index >= 15 is 0 Å². The fraction of sp³-hybridized carbons (Fsp3) is 0.388. The molecule has 0 saturated carbocycles. The van der Waals surface area contributed by atoms with Gasteiger partial charge in [-0.15, -0.1) is 0 Å². The van der Waals surface area contributed by atoms with Crippen LogP contribution in [0.15, 0.2) is 97.1 Å². The number of unbranched alkanes of at least 4 members (excludes halogenated alkanes) is 5. The summed E-state index contributed by atoms with van der Waals surface area (Å²) in [4.78, 5) is 0. The van der Waals surface area contributed by atoms with E-state index in [-0.39, 0.29) is 10.8 Å². The molecule has 5 aromatic carbocycles. The normalized spacial score (nSPS) is 15.8. The summed E-state index contributed by atoms with van der Waals surface area (Å²) in [6.07, 6.45) is 9.23. The van der Waals surface area contributed by atoms with Gasteiger partial charge in [0.1, 0.15) is 7.85 Å². The minimum atomic E-state index is -0.416. The minimum absolute atomic E-state index is 0.0931. The SMILES string of the molecule is Bc1ccc2c(c1)C(CCCCCCCC)c1cc3c(cc1-2)C(c1ccc(C(C)(C)C)cc1)(c1ccc(C(C)(C)C)cc1)c1cc(C)ccc1-3. The van der Waals surface area contributed by atoms with Crippen molar-refractivity contribution in [1.29, 1.82) is 0 Å². The summed E-state index contributed by atoms with van der Waals surface area (Å²) < 4.78 is 0. The quantitative estimate of drug-likeness (QED) is 0.107. The van der Waals surface area contributed by atoms with Gasteiger partial charge in [0.15, 0.2) is 0 Å². The lowest BCUT2D eigenvalue weighted by Crippen LogP contribution is -2.29. The van der Waals surface area contributed by atoms with Crippen LogP contribution in [-0.4, -0.2) is 7.85 Å². The molecule has 0 nitrogen and oxygen atoms in total. The predicted molar refractivity (Wildman–Crippen MR) is 219 cm³/mol. The molecule has 0 saturated heterocycles.